The number of carbonyl (C=O) groups is 3. The molecule has 8 heteroatoms. The van der Waals surface area contributed by atoms with Gasteiger partial charge >= 0.3 is 0 Å². The third-order valence-electron chi connectivity index (χ3n) is 5.28. The number of anilines is 2. The van der Waals surface area contributed by atoms with Crippen molar-refractivity contribution in [3.05, 3.63) is 53.7 Å². The van der Waals surface area contributed by atoms with Crippen molar-refractivity contribution in [3.63, 3.8) is 0 Å². The van der Waals surface area contributed by atoms with Crippen molar-refractivity contribution in [1.82, 2.24) is 15.2 Å². The molecule has 1 aromatic carbocycles. The number of piperazine rings is 1. The van der Waals surface area contributed by atoms with E-state index in [1.165, 1.54) is 6.20 Å². The molecule has 2 N–H and O–H groups in total. The van der Waals surface area contributed by atoms with Crippen LogP contribution in [0.25, 0.3) is 0 Å². The summed E-state index contributed by atoms with van der Waals surface area (Å²) < 4.78 is 0. The number of pyridine rings is 1. The van der Waals surface area contributed by atoms with Gasteiger partial charge < -0.3 is 20.4 Å². The van der Waals surface area contributed by atoms with Gasteiger partial charge in [-0.1, -0.05) is 37.3 Å². The van der Waals surface area contributed by atoms with E-state index in [2.05, 4.69) is 15.6 Å². The third-order valence-corrected chi connectivity index (χ3v) is 5.28. The zero-order chi connectivity index (χ0) is 20.4. The summed E-state index contributed by atoms with van der Waals surface area (Å²) in [5, 5.41) is 5.81. The standard InChI is InChI=1S/C21H23N5O3/c1-2-16-20(28)22-8-9-25(16)21(29)15-10-17-19(23-11-15)24-12-18(27)26(17)13-14-6-4-3-5-7-14/h3-7,10-11,16H,2,8-9,12-13H2,1H3,(H,22,28)(H,23,24). The van der Waals surface area contributed by atoms with E-state index in [0.717, 1.165) is 5.56 Å². The Bertz CT molecular complexity index is 947. The highest BCUT2D eigenvalue weighted by molar-refractivity contribution is 6.04. The van der Waals surface area contributed by atoms with Crippen molar-refractivity contribution < 1.29 is 14.4 Å². The molecule has 0 aliphatic carbocycles. The molecule has 1 aromatic heterocycles. The summed E-state index contributed by atoms with van der Waals surface area (Å²) in [6.45, 7) is 3.32. The van der Waals surface area contributed by atoms with Gasteiger partial charge in [0.25, 0.3) is 5.91 Å². The second-order valence-corrected chi connectivity index (χ2v) is 7.12. The van der Waals surface area contributed by atoms with Crippen molar-refractivity contribution in [2.75, 3.05) is 29.9 Å². The largest absolute Gasteiger partial charge is 0.359 e. The molecule has 1 unspecified atom stereocenters. The molecule has 8 nitrogen and oxygen atoms in total. The average molecular weight is 393 g/mol. The monoisotopic (exact) mass is 393 g/mol. The second-order valence-electron chi connectivity index (χ2n) is 7.12. The van der Waals surface area contributed by atoms with E-state index in [1.807, 2.05) is 37.3 Å². The van der Waals surface area contributed by atoms with Gasteiger partial charge in [-0.2, -0.15) is 0 Å². The normalized spacial score (nSPS) is 18.7. The zero-order valence-corrected chi connectivity index (χ0v) is 16.2. The molecule has 1 atom stereocenters. The Morgan fingerprint density at radius 2 is 2.00 bits per heavy atom. The van der Waals surface area contributed by atoms with Crippen LogP contribution >= 0.6 is 0 Å². The summed E-state index contributed by atoms with van der Waals surface area (Å²) in [7, 11) is 0. The van der Waals surface area contributed by atoms with E-state index in [4.69, 9.17) is 0 Å². The van der Waals surface area contributed by atoms with E-state index in [1.54, 1.807) is 15.9 Å². The number of rotatable bonds is 4. The molecule has 2 aromatic rings. The maximum atomic E-state index is 13.1. The molecular weight excluding hydrogens is 370 g/mol. The number of aromatic nitrogens is 1. The summed E-state index contributed by atoms with van der Waals surface area (Å²) in [4.78, 5) is 45.4. The fraction of sp³-hybridized carbons (Fsp3) is 0.333. The van der Waals surface area contributed by atoms with Crippen LogP contribution < -0.4 is 15.5 Å². The summed E-state index contributed by atoms with van der Waals surface area (Å²) in [5.74, 6) is 0.0947. The lowest BCUT2D eigenvalue weighted by molar-refractivity contribution is -0.127. The molecule has 0 saturated carbocycles. The SMILES string of the molecule is CCC1C(=O)NCCN1C(=O)c1cnc2c(c1)N(Cc1ccccc1)C(=O)CN2. The van der Waals surface area contributed by atoms with Gasteiger partial charge in [0, 0.05) is 19.3 Å². The smallest absolute Gasteiger partial charge is 0.256 e. The number of hydrogen-bond donors (Lipinski definition) is 2. The minimum absolute atomic E-state index is 0.0865. The quantitative estimate of drug-likeness (QED) is 0.819. The van der Waals surface area contributed by atoms with Crippen molar-refractivity contribution in [2.45, 2.75) is 25.9 Å². The summed E-state index contributed by atoms with van der Waals surface area (Å²) in [5.41, 5.74) is 1.93. The van der Waals surface area contributed by atoms with Crippen molar-refractivity contribution in [3.8, 4) is 0 Å². The molecule has 3 heterocycles. The van der Waals surface area contributed by atoms with Gasteiger partial charge in [-0.3, -0.25) is 14.4 Å². The van der Waals surface area contributed by atoms with Crippen LogP contribution in [0, 0.1) is 0 Å². The number of benzene rings is 1. The summed E-state index contributed by atoms with van der Waals surface area (Å²) in [6.07, 6.45) is 2.04. The minimum Gasteiger partial charge on any atom is -0.359 e. The first-order valence-corrected chi connectivity index (χ1v) is 9.75. The molecule has 0 bridgehead atoms. The molecule has 1 fully saturated rings. The lowest BCUT2D eigenvalue weighted by Gasteiger charge is -2.35. The minimum atomic E-state index is -0.493. The molecule has 3 amide bonds. The number of amides is 3. The van der Waals surface area contributed by atoms with Crippen molar-refractivity contribution in [1.29, 1.82) is 0 Å². The van der Waals surface area contributed by atoms with E-state index in [-0.39, 0.29) is 24.3 Å². The van der Waals surface area contributed by atoms with Crippen molar-refractivity contribution in [2.24, 2.45) is 0 Å². The highest BCUT2D eigenvalue weighted by atomic mass is 16.2. The van der Waals surface area contributed by atoms with Gasteiger partial charge in [0.15, 0.2) is 5.82 Å². The molecule has 2 aliphatic rings. The van der Waals surface area contributed by atoms with Crippen LogP contribution in [0.3, 0.4) is 0 Å². The fourth-order valence-electron chi connectivity index (χ4n) is 3.77. The highest BCUT2D eigenvalue weighted by Gasteiger charge is 2.33. The van der Waals surface area contributed by atoms with Gasteiger partial charge in [0.2, 0.25) is 11.8 Å². The fourth-order valence-corrected chi connectivity index (χ4v) is 3.77. The maximum absolute atomic E-state index is 13.1. The van der Waals surface area contributed by atoms with Crippen LogP contribution in [0.15, 0.2) is 42.6 Å². The number of hydrogen-bond acceptors (Lipinski definition) is 5. The third kappa shape index (κ3) is 3.65. The summed E-state index contributed by atoms with van der Waals surface area (Å²) in [6, 6.07) is 10.9. The predicted octanol–water partition coefficient (Wildman–Crippen LogP) is 1.39. The van der Waals surface area contributed by atoms with Crippen LogP contribution in [0.5, 0.6) is 0 Å². The first-order chi connectivity index (χ1) is 14.1. The topological polar surface area (TPSA) is 94.6 Å². The molecule has 0 radical (unpaired) electrons. The summed E-state index contributed by atoms with van der Waals surface area (Å²) >= 11 is 0. The van der Waals surface area contributed by atoms with Gasteiger partial charge in [-0.05, 0) is 18.1 Å². The van der Waals surface area contributed by atoms with E-state index in [0.29, 0.717) is 43.1 Å². The number of carbonyl (C=O) groups excluding carboxylic acids is 3. The molecule has 4 rings (SSSR count). The highest BCUT2D eigenvalue weighted by Crippen LogP contribution is 2.30. The Hall–Kier alpha value is -3.42. The Morgan fingerprint density at radius 3 is 2.76 bits per heavy atom. The van der Waals surface area contributed by atoms with Crippen LogP contribution in [0.4, 0.5) is 11.5 Å². The number of nitrogens with one attached hydrogen (secondary N) is 2. The molecule has 29 heavy (non-hydrogen) atoms. The molecule has 150 valence electrons. The zero-order valence-electron chi connectivity index (χ0n) is 16.2. The molecule has 0 spiro atoms. The lowest BCUT2D eigenvalue weighted by Crippen LogP contribution is -2.56. The maximum Gasteiger partial charge on any atom is 0.256 e. The van der Waals surface area contributed by atoms with E-state index in [9.17, 15) is 14.4 Å². The van der Waals surface area contributed by atoms with Crippen LogP contribution in [-0.4, -0.2) is 53.3 Å². The molecule has 2 aliphatic heterocycles. The average Bonchev–Trinajstić information content (AvgIpc) is 2.75. The first-order valence-electron chi connectivity index (χ1n) is 9.75. The van der Waals surface area contributed by atoms with Crippen molar-refractivity contribution >= 4 is 29.2 Å². The predicted molar refractivity (Wildman–Crippen MR) is 108 cm³/mol. The van der Waals surface area contributed by atoms with Crippen LogP contribution in [-0.2, 0) is 16.1 Å². The van der Waals surface area contributed by atoms with E-state index < -0.39 is 6.04 Å². The molecular formula is C21H23N5O3. The van der Waals surface area contributed by atoms with E-state index >= 15 is 0 Å². The first kappa shape index (κ1) is 18.9. The van der Waals surface area contributed by atoms with Crippen LogP contribution in [0.2, 0.25) is 0 Å². The Morgan fingerprint density at radius 1 is 1.21 bits per heavy atom. The Kier molecular flexibility index (Phi) is 5.16. The second kappa shape index (κ2) is 7.90. The number of fused-ring (bicyclic) bond motifs is 1. The number of nitrogens with zero attached hydrogens (tertiary/aromatic N) is 3. The molecule has 1 saturated heterocycles. The van der Waals surface area contributed by atoms with Gasteiger partial charge in [0.05, 0.1) is 24.3 Å². The van der Waals surface area contributed by atoms with Gasteiger partial charge in [-0.25, -0.2) is 4.98 Å². The van der Waals surface area contributed by atoms with Gasteiger partial charge in [-0.15, -0.1) is 0 Å². The van der Waals surface area contributed by atoms with Crippen LogP contribution in [0.1, 0.15) is 29.3 Å². The lowest BCUT2D eigenvalue weighted by atomic mass is 10.1. The Balaban J connectivity index is 1.65. The Labute approximate surface area is 168 Å². The van der Waals surface area contributed by atoms with Gasteiger partial charge in [0.1, 0.15) is 6.04 Å².